The second-order valence-corrected chi connectivity index (χ2v) is 6.72. The summed E-state index contributed by atoms with van der Waals surface area (Å²) in [6.07, 6.45) is 7.10. The number of aryl methyl sites for hydroxylation is 1. The van der Waals surface area contributed by atoms with Gasteiger partial charge in [0.1, 0.15) is 12.7 Å². The van der Waals surface area contributed by atoms with Gasteiger partial charge >= 0.3 is 0 Å². The number of aromatic nitrogens is 4. The van der Waals surface area contributed by atoms with Crippen LogP contribution in [0.25, 0.3) is 11.4 Å². The molecule has 0 aliphatic heterocycles. The molecule has 2 aromatic heterocycles. The summed E-state index contributed by atoms with van der Waals surface area (Å²) in [5.41, 5.74) is 4.71. The third-order valence-electron chi connectivity index (χ3n) is 4.78. The van der Waals surface area contributed by atoms with Gasteiger partial charge in [-0.3, -0.25) is 4.79 Å². The Kier molecular flexibility index (Phi) is 4.76. The summed E-state index contributed by atoms with van der Waals surface area (Å²) in [5.74, 6) is -0.0961. The van der Waals surface area contributed by atoms with Crippen LogP contribution in [0.15, 0.2) is 79.6 Å². The Hall–Kier alpha value is -3.67. The van der Waals surface area contributed by atoms with E-state index in [9.17, 15) is 4.79 Å². The lowest BCUT2D eigenvalue weighted by Gasteiger charge is -2.16. The van der Waals surface area contributed by atoms with Crippen molar-refractivity contribution in [2.45, 2.75) is 19.9 Å². The highest BCUT2D eigenvalue weighted by atomic mass is 16.1. The molecule has 0 aliphatic carbocycles. The van der Waals surface area contributed by atoms with Crippen LogP contribution < -0.4 is 5.32 Å². The fraction of sp³-hybridized carbons (Fsp3) is 0.136. The number of hydrogen-bond donors (Lipinski definition) is 1. The van der Waals surface area contributed by atoms with Crippen molar-refractivity contribution in [3.63, 3.8) is 0 Å². The first-order valence-corrected chi connectivity index (χ1v) is 9.11. The standard InChI is InChI=1S/C22H21N5O/c1-16-5-6-19(13-21(16)26-11-3-4-12-26)22(28)25-17(2)18-7-9-20(10-8-18)27-15-23-14-24-27/h3-15,17H,1-2H3,(H,25,28)/t17-/m1/s1. The molecule has 0 unspecified atom stereocenters. The zero-order valence-electron chi connectivity index (χ0n) is 15.8. The van der Waals surface area contributed by atoms with Gasteiger partial charge in [-0.15, -0.1) is 0 Å². The number of nitrogens with one attached hydrogen (secondary N) is 1. The van der Waals surface area contributed by atoms with E-state index in [1.165, 1.54) is 6.33 Å². The first-order chi connectivity index (χ1) is 13.6. The Morgan fingerprint density at radius 2 is 1.82 bits per heavy atom. The van der Waals surface area contributed by atoms with Gasteiger partial charge in [0.2, 0.25) is 0 Å². The first-order valence-electron chi connectivity index (χ1n) is 9.11. The van der Waals surface area contributed by atoms with E-state index in [1.54, 1.807) is 11.0 Å². The monoisotopic (exact) mass is 371 g/mol. The van der Waals surface area contributed by atoms with Gasteiger partial charge in [0.15, 0.2) is 0 Å². The van der Waals surface area contributed by atoms with E-state index < -0.39 is 0 Å². The molecule has 0 bridgehead atoms. The van der Waals surface area contributed by atoms with Crippen LogP contribution >= 0.6 is 0 Å². The summed E-state index contributed by atoms with van der Waals surface area (Å²) in [6.45, 7) is 4.01. The van der Waals surface area contributed by atoms with Crippen LogP contribution in [0.1, 0.15) is 34.5 Å². The molecule has 0 radical (unpaired) electrons. The van der Waals surface area contributed by atoms with Crippen LogP contribution in [0.4, 0.5) is 0 Å². The first kappa shape index (κ1) is 17.7. The molecule has 2 heterocycles. The lowest BCUT2D eigenvalue weighted by molar-refractivity contribution is 0.0940. The maximum atomic E-state index is 12.8. The molecule has 28 heavy (non-hydrogen) atoms. The number of hydrogen-bond acceptors (Lipinski definition) is 3. The summed E-state index contributed by atoms with van der Waals surface area (Å²) in [7, 11) is 0. The van der Waals surface area contributed by atoms with Gasteiger partial charge in [-0.25, -0.2) is 9.67 Å². The van der Waals surface area contributed by atoms with Crippen molar-refractivity contribution in [1.82, 2.24) is 24.6 Å². The van der Waals surface area contributed by atoms with Crippen molar-refractivity contribution in [3.05, 3.63) is 96.3 Å². The summed E-state index contributed by atoms with van der Waals surface area (Å²) in [6, 6.07) is 17.5. The molecule has 0 aliphatic rings. The smallest absolute Gasteiger partial charge is 0.251 e. The summed E-state index contributed by atoms with van der Waals surface area (Å²) in [4.78, 5) is 16.7. The fourth-order valence-electron chi connectivity index (χ4n) is 3.14. The lowest BCUT2D eigenvalue weighted by Crippen LogP contribution is -2.26. The zero-order valence-corrected chi connectivity index (χ0v) is 15.8. The Labute approximate surface area is 163 Å². The number of nitrogens with zero attached hydrogens (tertiary/aromatic N) is 4. The van der Waals surface area contributed by atoms with Crippen LogP contribution in [0.2, 0.25) is 0 Å². The second kappa shape index (κ2) is 7.52. The van der Waals surface area contributed by atoms with Crippen molar-refractivity contribution in [1.29, 1.82) is 0 Å². The van der Waals surface area contributed by atoms with Gasteiger partial charge in [-0.2, -0.15) is 5.10 Å². The summed E-state index contributed by atoms with van der Waals surface area (Å²) >= 11 is 0. The van der Waals surface area contributed by atoms with Gasteiger partial charge in [-0.05, 0) is 61.4 Å². The number of carbonyl (C=O) groups is 1. The predicted octanol–water partition coefficient (Wildman–Crippen LogP) is 3.86. The molecule has 4 aromatic rings. The third-order valence-corrected chi connectivity index (χ3v) is 4.78. The van der Waals surface area contributed by atoms with Gasteiger partial charge < -0.3 is 9.88 Å². The van der Waals surface area contributed by atoms with Crippen LogP contribution in [-0.2, 0) is 0 Å². The molecule has 1 N–H and O–H groups in total. The van der Waals surface area contributed by atoms with Crippen molar-refractivity contribution in [3.8, 4) is 11.4 Å². The normalized spacial score (nSPS) is 11.9. The van der Waals surface area contributed by atoms with E-state index in [0.29, 0.717) is 5.56 Å². The van der Waals surface area contributed by atoms with Gasteiger partial charge in [0.05, 0.1) is 11.7 Å². The average molecular weight is 371 g/mol. The Balaban J connectivity index is 1.50. The van der Waals surface area contributed by atoms with E-state index in [4.69, 9.17) is 0 Å². The molecule has 1 atom stereocenters. The molecule has 1 amide bonds. The van der Waals surface area contributed by atoms with Crippen molar-refractivity contribution in [2.75, 3.05) is 0 Å². The molecular weight excluding hydrogens is 350 g/mol. The summed E-state index contributed by atoms with van der Waals surface area (Å²) in [5, 5.41) is 7.19. The molecule has 140 valence electrons. The molecule has 0 fully saturated rings. The summed E-state index contributed by atoms with van der Waals surface area (Å²) < 4.78 is 3.71. The Bertz CT molecular complexity index is 1070. The van der Waals surface area contributed by atoms with Crippen LogP contribution in [0.5, 0.6) is 0 Å². The molecule has 4 rings (SSSR count). The van der Waals surface area contributed by atoms with Gasteiger partial charge in [0.25, 0.3) is 5.91 Å². The number of carbonyl (C=O) groups excluding carboxylic acids is 1. The van der Waals surface area contributed by atoms with Gasteiger partial charge in [-0.1, -0.05) is 18.2 Å². The molecule has 6 heteroatoms. The van der Waals surface area contributed by atoms with Crippen LogP contribution in [0.3, 0.4) is 0 Å². The third kappa shape index (κ3) is 3.57. The maximum Gasteiger partial charge on any atom is 0.251 e. The quantitative estimate of drug-likeness (QED) is 0.579. The fourth-order valence-corrected chi connectivity index (χ4v) is 3.14. The molecule has 0 saturated heterocycles. The molecule has 0 saturated carbocycles. The minimum absolute atomic E-state index is 0.0961. The van der Waals surface area contributed by atoms with Crippen LogP contribution in [0, 0.1) is 6.92 Å². The molecule has 0 spiro atoms. The highest BCUT2D eigenvalue weighted by Gasteiger charge is 2.13. The van der Waals surface area contributed by atoms with Crippen LogP contribution in [-0.4, -0.2) is 25.2 Å². The van der Waals surface area contributed by atoms with E-state index >= 15 is 0 Å². The molecule has 2 aromatic carbocycles. The molecule has 6 nitrogen and oxygen atoms in total. The zero-order chi connectivity index (χ0) is 19.5. The highest BCUT2D eigenvalue weighted by molar-refractivity contribution is 5.95. The topological polar surface area (TPSA) is 64.7 Å². The SMILES string of the molecule is Cc1ccc(C(=O)N[C@H](C)c2ccc(-n3cncn3)cc2)cc1-n1cccc1. The minimum atomic E-state index is -0.117. The van der Waals surface area contributed by atoms with E-state index in [-0.39, 0.29) is 11.9 Å². The minimum Gasteiger partial charge on any atom is -0.346 e. The highest BCUT2D eigenvalue weighted by Crippen LogP contribution is 2.19. The molecular formula is C22H21N5O. The Morgan fingerprint density at radius 3 is 2.50 bits per heavy atom. The average Bonchev–Trinajstić information content (AvgIpc) is 3.42. The number of rotatable bonds is 5. The van der Waals surface area contributed by atoms with Crippen molar-refractivity contribution in [2.24, 2.45) is 0 Å². The maximum absolute atomic E-state index is 12.8. The van der Waals surface area contributed by atoms with E-state index in [1.807, 2.05) is 85.4 Å². The van der Waals surface area contributed by atoms with Crippen molar-refractivity contribution >= 4 is 5.91 Å². The van der Waals surface area contributed by atoms with Crippen molar-refractivity contribution < 1.29 is 4.79 Å². The second-order valence-electron chi connectivity index (χ2n) is 6.72. The predicted molar refractivity (Wildman–Crippen MR) is 108 cm³/mol. The van der Waals surface area contributed by atoms with Gasteiger partial charge in [0, 0.05) is 23.6 Å². The number of amides is 1. The Morgan fingerprint density at radius 1 is 1.07 bits per heavy atom. The van der Waals surface area contributed by atoms with E-state index in [2.05, 4.69) is 15.4 Å². The lowest BCUT2D eigenvalue weighted by atomic mass is 10.1. The largest absolute Gasteiger partial charge is 0.346 e. The number of benzene rings is 2. The van der Waals surface area contributed by atoms with E-state index in [0.717, 1.165) is 22.5 Å².